The van der Waals surface area contributed by atoms with E-state index in [9.17, 15) is 0 Å². The number of nitrogens with one attached hydrogen (secondary N) is 1. The maximum atomic E-state index is 5.60. The van der Waals surface area contributed by atoms with Crippen molar-refractivity contribution in [2.45, 2.75) is 59.5 Å². The van der Waals surface area contributed by atoms with Crippen LogP contribution < -0.4 is 5.32 Å². The summed E-state index contributed by atoms with van der Waals surface area (Å²) in [7, 11) is 1.72. The van der Waals surface area contributed by atoms with E-state index in [4.69, 9.17) is 4.74 Å². The van der Waals surface area contributed by atoms with E-state index in [1.807, 2.05) is 6.92 Å². The third-order valence-corrected chi connectivity index (χ3v) is 4.00. The van der Waals surface area contributed by atoms with Crippen molar-refractivity contribution in [1.29, 1.82) is 0 Å². The molecule has 0 radical (unpaired) electrons. The van der Waals surface area contributed by atoms with Gasteiger partial charge in [0.25, 0.3) is 0 Å². The smallest absolute Gasteiger partial charge is 0.160 e. The SMILES string of the molecule is CCCNCCc1c(C)nc(C(C)(CC)OC)nc1C. The Morgan fingerprint density at radius 1 is 1.10 bits per heavy atom. The van der Waals surface area contributed by atoms with Crippen molar-refractivity contribution in [3.05, 3.63) is 22.8 Å². The Hall–Kier alpha value is -1.00. The fourth-order valence-electron chi connectivity index (χ4n) is 2.25. The summed E-state index contributed by atoms with van der Waals surface area (Å²) in [6.45, 7) is 12.5. The lowest BCUT2D eigenvalue weighted by Gasteiger charge is -2.26. The van der Waals surface area contributed by atoms with Gasteiger partial charge < -0.3 is 10.1 Å². The summed E-state index contributed by atoms with van der Waals surface area (Å²) in [5.74, 6) is 0.794. The van der Waals surface area contributed by atoms with Gasteiger partial charge in [-0.25, -0.2) is 9.97 Å². The number of ether oxygens (including phenoxy) is 1. The fourth-order valence-corrected chi connectivity index (χ4v) is 2.25. The first-order valence-electron chi connectivity index (χ1n) is 7.59. The van der Waals surface area contributed by atoms with Crippen molar-refractivity contribution in [2.75, 3.05) is 20.2 Å². The zero-order valence-corrected chi connectivity index (χ0v) is 13.8. The van der Waals surface area contributed by atoms with E-state index < -0.39 is 5.60 Å². The van der Waals surface area contributed by atoms with E-state index in [2.05, 4.69) is 43.0 Å². The molecule has 0 amide bonds. The molecule has 1 aromatic rings. The van der Waals surface area contributed by atoms with Gasteiger partial charge in [-0.3, -0.25) is 0 Å². The van der Waals surface area contributed by atoms with Crippen LogP contribution in [0.5, 0.6) is 0 Å². The lowest BCUT2D eigenvalue weighted by molar-refractivity contribution is -0.00928. The summed E-state index contributed by atoms with van der Waals surface area (Å²) < 4.78 is 5.60. The summed E-state index contributed by atoms with van der Waals surface area (Å²) in [6, 6.07) is 0. The predicted octanol–water partition coefficient (Wildman–Crippen LogP) is 2.91. The van der Waals surface area contributed by atoms with Gasteiger partial charge in [0.1, 0.15) is 5.60 Å². The molecule has 0 aliphatic heterocycles. The summed E-state index contributed by atoms with van der Waals surface area (Å²) >= 11 is 0. The molecule has 20 heavy (non-hydrogen) atoms. The largest absolute Gasteiger partial charge is 0.371 e. The number of rotatable bonds is 8. The second kappa shape index (κ2) is 7.70. The molecule has 0 saturated carbocycles. The van der Waals surface area contributed by atoms with Crippen LogP contribution in [0.3, 0.4) is 0 Å². The molecule has 0 spiro atoms. The quantitative estimate of drug-likeness (QED) is 0.743. The molecule has 4 nitrogen and oxygen atoms in total. The van der Waals surface area contributed by atoms with E-state index in [0.717, 1.165) is 49.6 Å². The highest BCUT2D eigenvalue weighted by molar-refractivity contribution is 5.26. The van der Waals surface area contributed by atoms with Gasteiger partial charge in [-0.1, -0.05) is 13.8 Å². The van der Waals surface area contributed by atoms with Gasteiger partial charge in [-0.2, -0.15) is 0 Å². The Bertz CT molecular complexity index is 405. The van der Waals surface area contributed by atoms with E-state index in [1.165, 1.54) is 5.56 Å². The summed E-state index contributed by atoms with van der Waals surface area (Å²) in [5, 5.41) is 3.42. The lowest BCUT2D eigenvalue weighted by Crippen LogP contribution is -2.28. The maximum Gasteiger partial charge on any atom is 0.160 e. The Kier molecular flexibility index (Phi) is 6.56. The molecular weight excluding hydrogens is 250 g/mol. The van der Waals surface area contributed by atoms with Gasteiger partial charge in [-0.05, 0) is 58.7 Å². The maximum absolute atomic E-state index is 5.60. The number of hydrogen-bond acceptors (Lipinski definition) is 4. The van der Waals surface area contributed by atoms with Crippen LogP contribution in [0, 0.1) is 13.8 Å². The molecule has 0 aliphatic carbocycles. The highest BCUT2D eigenvalue weighted by Gasteiger charge is 2.28. The van der Waals surface area contributed by atoms with E-state index >= 15 is 0 Å². The van der Waals surface area contributed by atoms with Crippen LogP contribution >= 0.6 is 0 Å². The van der Waals surface area contributed by atoms with Crippen molar-refractivity contribution < 1.29 is 4.74 Å². The van der Waals surface area contributed by atoms with Crippen molar-refractivity contribution in [3.63, 3.8) is 0 Å². The number of aryl methyl sites for hydroxylation is 2. The Morgan fingerprint density at radius 3 is 2.15 bits per heavy atom. The molecule has 1 N–H and O–H groups in total. The van der Waals surface area contributed by atoms with Crippen LogP contribution in [-0.2, 0) is 16.8 Å². The first-order chi connectivity index (χ1) is 9.48. The van der Waals surface area contributed by atoms with Gasteiger partial charge in [0.2, 0.25) is 0 Å². The first-order valence-corrected chi connectivity index (χ1v) is 7.59. The second-order valence-corrected chi connectivity index (χ2v) is 5.49. The molecule has 1 aromatic heterocycles. The highest BCUT2D eigenvalue weighted by Crippen LogP contribution is 2.26. The molecule has 4 heteroatoms. The zero-order valence-electron chi connectivity index (χ0n) is 13.8. The third kappa shape index (κ3) is 4.00. The molecule has 0 fully saturated rings. The molecule has 1 atom stereocenters. The minimum Gasteiger partial charge on any atom is -0.371 e. The molecule has 0 aliphatic rings. The summed E-state index contributed by atoms with van der Waals surface area (Å²) in [6.07, 6.45) is 3.00. The molecular formula is C16H29N3O. The van der Waals surface area contributed by atoms with Crippen LogP contribution in [0.4, 0.5) is 0 Å². The molecule has 0 aromatic carbocycles. The van der Waals surface area contributed by atoms with Crippen molar-refractivity contribution in [3.8, 4) is 0 Å². The monoisotopic (exact) mass is 279 g/mol. The molecule has 1 unspecified atom stereocenters. The lowest BCUT2D eigenvalue weighted by atomic mass is 10.0. The van der Waals surface area contributed by atoms with E-state index in [1.54, 1.807) is 7.11 Å². The van der Waals surface area contributed by atoms with Crippen LogP contribution in [0.15, 0.2) is 0 Å². The average Bonchev–Trinajstić information content (AvgIpc) is 2.44. The van der Waals surface area contributed by atoms with E-state index in [-0.39, 0.29) is 0 Å². The number of hydrogen-bond donors (Lipinski definition) is 1. The standard InChI is InChI=1S/C16H29N3O/c1-7-10-17-11-9-14-12(3)18-15(19-13(14)4)16(5,8-2)20-6/h17H,7-11H2,1-6H3. The Balaban J connectivity index is 2.91. The van der Waals surface area contributed by atoms with E-state index in [0.29, 0.717) is 0 Å². The van der Waals surface area contributed by atoms with Gasteiger partial charge in [0.15, 0.2) is 5.82 Å². The molecule has 1 heterocycles. The molecule has 0 bridgehead atoms. The number of methoxy groups -OCH3 is 1. The summed E-state index contributed by atoms with van der Waals surface area (Å²) in [5.41, 5.74) is 3.01. The zero-order chi connectivity index (χ0) is 15.2. The molecule has 0 saturated heterocycles. The summed E-state index contributed by atoms with van der Waals surface area (Å²) in [4.78, 5) is 9.37. The van der Waals surface area contributed by atoms with Crippen molar-refractivity contribution in [2.24, 2.45) is 0 Å². The Labute approximate surface area is 123 Å². The second-order valence-electron chi connectivity index (χ2n) is 5.49. The third-order valence-electron chi connectivity index (χ3n) is 4.00. The fraction of sp³-hybridized carbons (Fsp3) is 0.750. The minimum atomic E-state index is -0.394. The molecule has 114 valence electrons. The average molecular weight is 279 g/mol. The van der Waals surface area contributed by atoms with Crippen molar-refractivity contribution in [1.82, 2.24) is 15.3 Å². The highest BCUT2D eigenvalue weighted by atomic mass is 16.5. The topological polar surface area (TPSA) is 47.0 Å². The normalized spacial score (nSPS) is 14.3. The van der Waals surface area contributed by atoms with Crippen LogP contribution in [-0.4, -0.2) is 30.2 Å². The van der Waals surface area contributed by atoms with Crippen molar-refractivity contribution >= 4 is 0 Å². The minimum absolute atomic E-state index is 0.394. The first kappa shape index (κ1) is 17.1. The Morgan fingerprint density at radius 2 is 1.70 bits per heavy atom. The van der Waals surface area contributed by atoms with Gasteiger partial charge in [0.05, 0.1) is 0 Å². The predicted molar refractivity (Wildman–Crippen MR) is 83.0 cm³/mol. The van der Waals surface area contributed by atoms with Gasteiger partial charge >= 0.3 is 0 Å². The van der Waals surface area contributed by atoms with Crippen LogP contribution in [0.1, 0.15) is 56.4 Å². The number of nitrogens with zero attached hydrogens (tertiary/aromatic N) is 2. The van der Waals surface area contributed by atoms with Crippen LogP contribution in [0.25, 0.3) is 0 Å². The van der Waals surface area contributed by atoms with Gasteiger partial charge in [-0.15, -0.1) is 0 Å². The van der Waals surface area contributed by atoms with Gasteiger partial charge in [0, 0.05) is 18.5 Å². The van der Waals surface area contributed by atoms with Crippen LogP contribution in [0.2, 0.25) is 0 Å². The number of aromatic nitrogens is 2. The molecule has 1 rings (SSSR count).